The topological polar surface area (TPSA) is 44.0 Å². The number of aromatic nitrogens is 1. The summed E-state index contributed by atoms with van der Waals surface area (Å²) in [6.45, 7) is 3.31. The predicted octanol–water partition coefficient (Wildman–Crippen LogP) is 0.683. The third kappa shape index (κ3) is 6.80. The van der Waals surface area contributed by atoms with E-state index in [1.54, 1.807) is 0 Å². The van der Waals surface area contributed by atoms with Crippen molar-refractivity contribution in [3.8, 4) is 0 Å². The maximum atomic E-state index is 10.5. The number of carbonyl (C=O) groups excluding carboxylic acids is 1. The number of hydrogen-bond acceptors (Lipinski definition) is 2. The van der Waals surface area contributed by atoms with Crippen molar-refractivity contribution in [2.24, 2.45) is 0 Å². The van der Waals surface area contributed by atoms with Crippen LogP contribution in [0.3, 0.4) is 0 Å². The van der Waals surface area contributed by atoms with Crippen LogP contribution in [0.25, 0.3) is 0 Å². The average molecular weight is 235 g/mol. The molecule has 0 atom stereocenters. The summed E-state index contributed by atoms with van der Waals surface area (Å²) in [4.78, 5) is 8.78. The molecule has 0 bridgehead atoms. The molecule has 16 heavy (non-hydrogen) atoms. The molecule has 1 heterocycles. The summed E-state index contributed by atoms with van der Waals surface area (Å²) in [5, 5.41) is 8.78. The van der Waals surface area contributed by atoms with Gasteiger partial charge in [-0.1, -0.05) is 13.0 Å². The van der Waals surface area contributed by atoms with E-state index in [1.165, 1.54) is 6.42 Å². The van der Waals surface area contributed by atoms with Crippen molar-refractivity contribution >= 4 is 5.97 Å². The first-order valence-electron chi connectivity index (χ1n) is 4.60. The largest absolute Gasteiger partial charge is 0.542 e. The number of nitrogens with zero attached hydrogens (tertiary/aromatic N) is 1. The monoisotopic (exact) mass is 235 g/mol. The van der Waals surface area contributed by atoms with Crippen LogP contribution in [-0.2, 0) is 11.3 Å². The number of hydrogen-bond donors (Lipinski definition) is 0. The van der Waals surface area contributed by atoms with Gasteiger partial charge in [-0.25, -0.2) is 4.57 Å². The Labute approximate surface area is 91.1 Å². The lowest BCUT2D eigenvalue weighted by molar-refractivity contribution is -0.697. The molecule has 0 N–H and O–H groups in total. The van der Waals surface area contributed by atoms with E-state index in [1.807, 2.05) is 6.07 Å². The fourth-order valence-corrected chi connectivity index (χ4v) is 0.842. The van der Waals surface area contributed by atoms with Crippen LogP contribution in [0.15, 0.2) is 30.6 Å². The standard InChI is InChI=1S/C8H12N.C2HF3O2/c1-2-6-9-7-4-3-5-8-9;3-2(4,5)1(6)7/h3-5,7-8H,2,6H2,1H3;(H,6,7)/q+1;/p-1. The smallest absolute Gasteiger partial charge is 0.430 e. The Balaban J connectivity index is 0.000000293. The molecule has 0 amide bonds. The molecule has 1 rings (SSSR count). The quantitative estimate of drug-likeness (QED) is 0.708. The molecule has 0 aliphatic heterocycles. The number of aliphatic carboxylic acids is 1. The van der Waals surface area contributed by atoms with E-state index in [2.05, 4.69) is 36.0 Å². The number of pyridine rings is 1. The summed E-state index contributed by atoms with van der Waals surface area (Å²) < 4.78 is 33.7. The number of carboxylic acid groups (broad SMARTS) is 1. The van der Waals surface area contributed by atoms with Gasteiger partial charge in [0.25, 0.3) is 0 Å². The molecule has 3 nitrogen and oxygen atoms in total. The Kier molecular flexibility index (Phi) is 6.14. The van der Waals surface area contributed by atoms with Crippen molar-refractivity contribution in [2.75, 3.05) is 0 Å². The minimum Gasteiger partial charge on any atom is -0.542 e. The summed E-state index contributed by atoms with van der Waals surface area (Å²) in [6, 6.07) is 6.14. The fraction of sp³-hybridized carbons (Fsp3) is 0.400. The summed E-state index contributed by atoms with van der Waals surface area (Å²) in [7, 11) is 0. The number of aryl methyl sites for hydroxylation is 1. The maximum absolute atomic E-state index is 10.5. The first-order valence-corrected chi connectivity index (χ1v) is 4.60. The zero-order chi connectivity index (χ0) is 12.6. The lowest BCUT2D eigenvalue weighted by Gasteiger charge is -2.03. The van der Waals surface area contributed by atoms with Crippen LogP contribution in [-0.4, -0.2) is 12.1 Å². The minimum absolute atomic E-state index is 1.13. The highest BCUT2D eigenvalue weighted by Crippen LogP contribution is 2.11. The highest BCUT2D eigenvalue weighted by Gasteiger charge is 2.28. The molecule has 0 saturated carbocycles. The first-order chi connectivity index (χ1) is 7.38. The Bertz CT molecular complexity index is 312. The number of carboxylic acids is 1. The minimum atomic E-state index is -5.19. The van der Waals surface area contributed by atoms with E-state index in [0.29, 0.717) is 0 Å². The third-order valence-corrected chi connectivity index (χ3v) is 1.49. The van der Waals surface area contributed by atoms with Crippen LogP contribution in [0.2, 0.25) is 0 Å². The molecule has 1 aromatic rings. The Morgan fingerprint density at radius 3 is 2.00 bits per heavy atom. The molecular weight excluding hydrogens is 223 g/mol. The van der Waals surface area contributed by atoms with Crippen molar-refractivity contribution in [3.05, 3.63) is 30.6 Å². The number of alkyl halides is 3. The van der Waals surface area contributed by atoms with E-state index < -0.39 is 12.1 Å². The lowest BCUT2D eigenvalue weighted by atomic mass is 10.4. The van der Waals surface area contributed by atoms with Crippen molar-refractivity contribution in [2.45, 2.75) is 26.1 Å². The predicted molar refractivity (Wildman–Crippen MR) is 48.0 cm³/mol. The van der Waals surface area contributed by atoms with E-state index in [0.717, 1.165) is 6.54 Å². The van der Waals surface area contributed by atoms with Gasteiger partial charge in [0.2, 0.25) is 0 Å². The van der Waals surface area contributed by atoms with Gasteiger partial charge >= 0.3 is 6.18 Å². The summed E-state index contributed by atoms with van der Waals surface area (Å²) in [5.74, 6) is -3.01. The second kappa shape index (κ2) is 6.81. The molecule has 90 valence electrons. The van der Waals surface area contributed by atoms with E-state index in [-0.39, 0.29) is 0 Å². The lowest BCUT2D eigenvalue weighted by Crippen LogP contribution is -2.37. The molecule has 0 radical (unpaired) electrons. The number of carbonyl (C=O) groups is 1. The van der Waals surface area contributed by atoms with E-state index in [9.17, 15) is 13.2 Å². The number of halogens is 3. The van der Waals surface area contributed by atoms with Gasteiger partial charge in [-0.05, 0) is 0 Å². The molecule has 0 aliphatic rings. The van der Waals surface area contributed by atoms with Gasteiger partial charge < -0.3 is 9.90 Å². The normalized spacial score (nSPS) is 10.2. The van der Waals surface area contributed by atoms with Crippen LogP contribution in [0, 0.1) is 0 Å². The molecule has 0 spiro atoms. The van der Waals surface area contributed by atoms with Gasteiger partial charge in [0, 0.05) is 18.6 Å². The van der Waals surface area contributed by atoms with Crippen molar-refractivity contribution in [3.63, 3.8) is 0 Å². The van der Waals surface area contributed by atoms with Crippen LogP contribution in [0.4, 0.5) is 13.2 Å². The zero-order valence-electron chi connectivity index (χ0n) is 8.70. The molecule has 0 aromatic carbocycles. The van der Waals surface area contributed by atoms with Gasteiger partial charge in [-0.3, -0.25) is 0 Å². The van der Waals surface area contributed by atoms with Crippen LogP contribution >= 0.6 is 0 Å². The zero-order valence-corrected chi connectivity index (χ0v) is 8.70. The van der Waals surface area contributed by atoms with Gasteiger partial charge in [0.1, 0.15) is 12.5 Å². The second-order valence-electron chi connectivity index (χ2n) is 2.90. The molecule has 0 fully saturated rings. The van der Waals surface area contributed by atoms with Crippen LogP contribution < -0.4 is 9.67 Å². The highest BCUT2D eigenvalue weighted by molar-refractivity contribution is 5.70. The van der Waals surface area contributed by atoms with Gasteiger partial charge in [0.05, 0.1) is 0 Å². The Morgan fingerprint density at radius 2 is 1.69 bits per heavy atom. The molecule has 0 saturated heterocycles. The molecular formula is C10H12F3NO2. The second-order valence-corrected chi connectivity index (χ2v) is 2.90. The summed E-state index contributed by atoms with van der Waals surface area (Å²) in [5.41, 5.74) is 0. The van der Waals surface area contributed by atoms with Gasteiger partial charge in [-0.15, -0.1) is 0 Å². The fourth-order valence-electron chi connectivity index (χ4n) is 0.842. The van der Waals surface area contributed by atoms with Gasteiger partial charge in [-0.2, -0.15) is 13.2 Å². The highest BCUT2D eigenvalue weighted by atomic mass is 19.4. The van der Waals surface area contributed by atoms with Crippen LogP contribution in [0.1, 0.15) is 13.3 Å². The summed E-state index contributed by atoms with van der Waals surface area (Å²) in [6.07, 6.45) is 0.182. The van der Waals surface area contributed by atoms with Crippen LogP contribution in [0.5, 0.6) is 0 Å². The Hall–Kier alpha value is -1.59. The maximum Gasteiger partial charge on any atom is 0.430 e. The Morgan fingerprint density at radius 1 is 1.25 bits per heavy atom. The van der Waals surface area contributed by atoms with E-state index >= 15 is 0 Å². The van der Waals surface area contributed by atoms with Crippen molar-refractivity contribution < 1.29 is 27.6 Å². The van der Waals surface area contributed by atoms with E-state index in [4.69, 9.17) is 9.90 Å². The molecule has 0 unspecified atom stereocenters. The average Bonchev–Trinajstić information content (AvgIpc) is 2.19. The number of rotatable bonds is 2. The molecule has 6 heteroatoms. The third-order valence-electron chi connectivity index (χ3n) is 1.49. The molecule has 0 aliphatic carbocycles. The van der Waals surface area contributed by atoms with Gasteiger partial charge in [0.15, 0.2) is 12.4 Å². The first kappa shape index (κ1) is 14.4. The summed E-state index contributed by atoms with van der Waals surface area (Å²) >= 11 is 0. The van der Waals surface area contributed by atoms with Crippen molar-refractivity contribution in [1.29, 1.82) is 0 Å². The SMILES string of the molecule is CCC[n+]1ccccc1.O=C([O-])C(F)(F)F. The molecule has 1 aromatic heterocycles. The van der Waals surface area contributed by atoms with Crippen molar-refractivity contribution in [1.82, 2.24) is 0 Å².